The van der Waals surface area contributed by atoms with Gasteiger partial charge in [-0.2, -0.15) is 0 Å². The molecule has 1 aromatic rings. The van der Waals surface area contributed by atoms with E-state index in [4.69, 9.17) is 0 Å². The summed E-state index contributed by atoms with van der Waals surface area (Å²) < 4.78 is 0. The average Bonchev–Trinajstić information content (AvgIpc) is 3.22. The van der Waals surface area contributed by atoms with Gasteiger partial charge in [0.1, 0.15) is 5.54 Å². The number of carbonyl (C=O) groups excluding carboxylic acids is 1. The van der Waals surface area contributed by atoms with Crippen molar-refractivity contribution in [3.05, 3.63) is 29.6 Å². The van der Waals surface area contributed by atoms with E-state index in [1.165, 1.54) is 4.90 Å². The van der Waals surface area contributed by atoms with Gasteiger partial charge in [-0.3, -0.25) is 4.98 Å². The SMILES string of the molecule is Cc1cccc(CN(C)C(=O)NC(C)(C(=O)O)C2CC2)n1. The smallest absolute Gasteiger partial charge is 0.329 e. The Hall–Kier alpha value is -2.11. The van der Waals surface area contributed by atoms with Gasteiger partial charge in [0.05, 0.1) is 12.2 Å². The maximum Gasteiger partial charge on any atom is 0.329 e. The highest BCUT2D eigenvalue weighted by Crippen LogP contribution is 2.39. The fraction of sp³-hybridized carbons (Fsp3) is 0.533. The van der Waals surface area contributed by atoms with E-state index in [1.54, 1.807) is 14.0 Å². The number of carbonyl (C=O) groups is 2. The van der Waals surface area contributed by atoms with Gasteiger partial charge in [-0.05, 0) is 44.7 Å². The van der Waals surface area contributed by atoms with Crippen LogP contribution < -0.4 is 5.32 Å². The van der Waals surface area contributed by atoms with Crippen LogP contribution in [-0.2, 0) is 11.3 Å². The van der Waals surface area contributed by atoms with E-state index in [0.29, 0.717) is 6.54 Å². The molecule has 0 saturated heterocycles. The number of carboxylic acid groups (broad SMARTS) is 1. The van der Waals surface area contributed by atoms with Crippen LogP contribution in [0.3, 0.4) is 0 Å². The number of nitrogens with one attached hydrogen (secondary N) is 1. The number of amides is 2. The number of carboxylic acids is 1. The van der Waals surface area contributed by atoms with Crippen LogP contribution in [0.25, 0.3) is 0 Å². The van der Waals surface area contributed by atoms with E-state index in [0.717, 1.165) is 24.2 Å². The first-order chi connectivity index (χ1) is 9.83. The number of hydrogen-bond acceptors (Lipinski definition) is 3. The first-order valence-corrected chi connectivity index (χ1v) is 7.02. The maximum atomic E-state index is 12.2. The summed E-state index contributed by atoms with van der Waals surface area (Å²) in [6, 6.07) is 5.22. The largest absolute Gasteiger partial charge is 0.480 e. The molecule has 1 heterocycles. The third-order valence-corrected chi connectivity index (χ3v) is 3.90. The predicted octanol–water partition coefficient (Wildman–Crippen LogP) is 1.78. The van der Waals surface area contributed by atoms with Crippen molar-refractivity contribution in [1.29, 1.82) is 0 Å². The molecule has 114 valence electrons. The highest BCUT2D eigenvalue weighted by molar-refractivity contribution is 5.86. The minimum atomic E-state index is -1.19. The summed E-state index contributed by atoms with van der Waals surface area (Å²) in [4.78, 5) is 29.4. The van der Waals surface area contributed by atoms with Crippen molar-refractivity contribution in [1.82, 2.24) is 15.2 Å². The summed E-state index contributed by atoms with van der Waals surface area (Å²) in [5.74, 6) is -0.968. The van der Waals surface area contributed by atoms with E-state index in [1.807, 2.05) is 25.1 Å². The maximum absolute atomic E-state index is 12.2. The van der Waals surface area contributed by atoms with Crippen LogP contribution in [0.1, 0.15) is 31.2 Å². The van der Waals surface area contributed by atoms with Gasteiger partial charge in [0.15, 0.2) is 0 Å². The Balaban J connectivity index is 2.00. The van der Waals surface area contributed by atoms with Crippen molar-refractivity contribution in [2.45, 2.75) is 38.8 Å². The molecular formula is C15H21N3O3. The Bertz CT molecular complexity index is 557. The monoisotopic (exact) mass is 291 g/mol. The summed E-state index contributed by atoms with van der Waals surface area (Å²) in [6.45, 7) is 3.80. The number of hydrogen-bond donors (Lipinski definition) is 2. The summed E-state index contributed by atoms with van der Waals surface area (Å²) in [6.07, 6.45) is 1.68. The zero-order valence-electron chi connectivity index (χ0n) is 12.6. The van der Waals surface area contributed by atoms with E-state index < -0.39 is 17.5 Å². The number of aliphatic carboxylic acids is 1. The molecule has 21 heavy (non-hydrogen) atoms. The summed E-state index contributed by atoms with van der Waals surface area (Å²) in [5.41, 5.74) is 0.469. The highest BCUT2D eigenvalue weighted by atomic mass is 16.4. The van der Waals surface area contributed by atoms with Gasteiger partial charge in [-0.15, -0.1) is 0 Å². The lowest BCUT2D eigenvalue weighted by Gasteiger charge is -2.29. The van der Waals surface area contributed by atoms with Gasteiger partial charge in [0.2, 0.25) is 0 Å². The first-order valence-electron chi connectivity index (χ1n) is 7.02. The molecule has 2 amide bonds. The molecule has 1 unspecified atom stereocenters. The van der Waals surface area contributed by atoms with Gasteiger partial charge in [0, 0.05) is 12.7 Å². The van der Waals surface area contributed by atoms with E-state index in [2.05, 4.69) is 10.3 Å². The molecule has 2 N–H and O–H groups in total. The normalized spacial score (nSPS) is 16.9. The molecule has 1 aliphatic carbocycles. The molecule has 0 aromatic carbocycles. The lowest BCUT2D eigenvalue weighted by atomic mass is 9.96. The molecule has 6 heteroatoms. The fourth-order valence-corrected chi connectivity index (χ4v) is 2.31. The van der Waals surface area contributed by atoms with Crippen LogP contribution in [0.4, 0.5) is 4.79 Å². The standard InChI is InChI=1S/C15H21N3O3/c1-10-5-4-6-12(16-10)9-18(3)14(21)17-15(2,13(19)20)11-7-8-11/h4-6,11H,7-9H2,1-3H3,(H,17,21)(H,19,20). The molecule has 0 spiro atoms. The second kappa shape index (κ2) is 5.71. The van der Waals surface area contributed by atoms with Gasteiger partial charge >= 0.3 is 12.0 Å². The molecule has 1 fully saturated rings. The fourth-order valence-electron chi connectivity index (χ4n) is 2.31. The predicted molar refractivity (Wildman–Crippen MR) is 77.7 cm³/mol. The number of urea groups is 1. The lowest BCUT2D eigenvalue weighted by molar-refractivity contribution is -0.144. The van der Waals surface area contributed by atoms with Gasteiger partial charge in [0.25, 0.3) is 0 Å². The molecule has 1 aliphatic rings. The molecule has 1 atom stereocenters. The summed E-state index contributed by atoms with van der Waals surface area (Å²) >= 11 is 0. The van der Waals surface area contributed by atoms with Crippen molar-refractivity contribution in [3.63, 3.8) is 0 Å². The zero-order valence-corrected chi connectivity index (χ0v) is 12.6. The topological polar surface area (TPSA) is 82.5 Å². The number of rotatable bonds is 5. The minimum Gasteiger partial charge on any atom is -0.480 e. The van der Waals surface area contributed by atoms with Crippen molar-refractivity contribution in [2.75, 3.05) is 7.05 Å². The molecule has 0 bridgehead atoms. The Morgan fingerprint density at radius 3 is 2.67 bits per heavy atom. The van der Waals surface area contributed by atoms with Gasteiger partial charge in [-0.25, -0.2) is 9.59 Å². The van der Waals surface area contributed by atoms with Crippen LogP contribution in [0.2, 0.25) is 0 Å². The van der Waals surface area contributed by atoms with Crippen molar-refractivity contribution >= 4 is 12.0 Å². The molecule has 0 radical (unpaired) electrons. The number of aryl methyl sites for hydroxylation is 1. The quantitative estimate of drug-likeness (QED) is 0.866. The van der Waals surface area contributed by atoms with Crippen LogP contribution in [0.15, 0.2) is 18.2 Å². The summed E-state index contributed by atoms with van der Waals surface area (Å²) in [7, 11) is 1.63. The van der Waals surface area contributed by atoms with Gasteiger partial charge < -0.3 is 15.3 Å². The minimum absolute atomic E-state index is 0.0180. The number of pyridine rings is 1. The number of nitrogens with zero attached hydrogens (tertiary/aromatic N) is 2. The van der Waals surface area contributed by atoms with E-state index >= 15 is 0 Å². The Morgan fingerprint density at radius 1 is 1.48 bits per heavy atom. The molecule has 0 aliphatic heterocycles. The molecule has 2 rings (SSSR count). The third-order valence-electron chi connectivity index (χ3n) is 3.90. The van der Waals surface area contributed by atoms with Crippen LogP contribution in [0.5, 0.6) is 0 Å². The highest BCUT2D eigenvalue weighted by Gasteiger charge is 2.48. The lowest BCUT2D eigenvalue weighted by Crippen LogP contribution is -2.56. The Labute approximate surface area is 124 Å². The second-order valence-corrected chi connectivity index (χ2v) is 5.84. The molecule has 1 saturated carbocycles. The average molecular weight is 291 g/mol. The van der Waals surface area contributed by atoms with Crippen LogP contribution in [-0.4, -0.2) is 39.6 Å². The van der Waals surface area contributed by atoms with Crippen molar-refractivity contribution in [2.24, 2.45) is 5.92 Å². The summed E-state index contributed by atoms with van der Waals surface area (Å²) in [5, 5.41) is 12.0. The van der Waals surface area contributed by atoms with Gasteiger partial charge in [-0.1, -0.05) is 6.07 Å². The van der Waals surface area contributed by atoms with Crippen LogP contribution in [0, 0.1) is 12.8 Å². The van der Waals surface area contributed by atoms with Crippen molar-refractivity contribution < 1.29 is 14.7 Å². The van der Waals surface area contributed by atoms with Crippen LogP contribution >= 0.6 is 0 Å². The molecular weight excluding hydrogens is 270 g/mol. The van der Waals surface area contributed by atoms with E-state index in [9.17, 15) is 14.7 Å². The number of aromatic nitrogens is 1. The Morgan fingerprint density at radius 2 is 2.14 bits per heavy atom. The first kappa shape index (κ1) is 15.3. The second-order valence-electron chi connectivity index (χ2n) is 5.84. The zero-order chi connectivity index (χ0) is 15.6. The van der Waals surface area contributed by atoms with E-state index in [-0.39, 0.29) is 5.92 Å². The Kier molecular flexibility index (Phi) is 4.16. The molecule has 1 aromatic heterocycles. The van der Waals surface area contributed by atoms with Crippen molar-refractivity contribution in [3.8, 4) is 0 Å². The third kappa shape index (κ3) is 3.51. The molecule has 6 nitrogen and oxygen atoms in total.